The average Bonchev–Trinajstić information content (AvgIpc) is 3.13. The zero-order valence-corrected chi connectivity index (χ0v) is 15.3. The Morgan fingerprint density at radius 1 is 1.20 bits per heavy atom. The molecular formula is C17H19N3O4S. The minimum atomic E-state index is -0.139. The van der Waals surface area contributed by atoms with Gasteiger partial charge in [0, 0.05) is 35.1 Å². The Kier molecular flexibility index (Phi) is 4.80. The molecule has 25 heavy (non-hydrogen) atoms. The van der Waals surface area contributed by atoms with Gasteiger partial charge in [0.2, 0.25) is 11.7 Å². The predicted molar refractivity (Wildman–Crippen MR) is 96.2 cm³/mol. The largest absolute Gasteiger partial charge is 0.493 e. The van der Waals surface area contributed by atoms with Crippen LogP contribution in [0.2, 0.25) is 0 Å². The third kappa shape index (κ3) is 3.39. The Morgan fingerprint density at radius 2 is 1.88 bits per heavy atom. The van der Waals surface area contributed by atoms with Crippen LogP contribution in [-0.4, -0.2) is 36.6 Å². The van der Waals surface area contributed by atoms with Gasteiger partial charge in [-0.3, -0.25) is 9.20 Å². The fourth-order valence-corrected chi connectivity index (χ4v) is 3.51. The second kappa shape index (κ2) is 7.02. The summed E-state index contributed by atoms with van der Waals surface area (Å²) in [4.78, 5) is 17.7. The molecule has 0 fully saturated rings. The summed E-state index contributed by atoms with van der Waals surface area (Å²) in [6, 6.07) is 3.40. The van der Waals surface area contributed by atoms with Crippen molar-refractivity contribution in [2.75, 3.05) is 26.6 Å². The highest BCUT2D eigenvalue weighted by molar-refractivity contribution is 7.15. The van der Waals surface area contributed by atoms with E-state index in [9.17, 15) is 4.79 Å². The van der Waals surface area contributed by atoms with Crippen LogP contribution in [0, 0.1) is 6.92 Å². The normalized spacial score (nSPS) is 10.7. The van der Waals surface area contributed by atoms with Gasteiger partial charge < -0.3 is 19.5 Å². The maximum Gasteiger partial charge on any atom is 0.230 e. The van der Waals surface area contributed by atoms with Crippen molar-refractivity contribution >= 4 is 27.9 Å². The Morgan fingerprint density at radius 3 is 2.48 bits per heavy atom. The highest BCUT2D eigenvalue weighted by atomic mass is 32.1. The molecule has 0 aliphatic heterocycles. The number of aryl methyl sites for hydroxylation is 1. The lowest BCUT2D eigenvalue weighted by Crippen LogP contribution is -2.15. The fraction of sp³-hybridized carbons (Fsp3) is 0.294. The molecule has 0 unspecified atom stereocenters. The summed E-state index contributed by atoms with van der Waals surface area (Å²) >= 11 is 1.52. The molecular weight excluding hydrogens is 342 g/mol. The molecule has 0 bridgehead atoms. The number of aromatic nitrogens is 2. The summed E-state index contributed by atoms with van der Waals surface area (Å²) < 4.78 is 17.8. The van der Waals surface area contributed by atoms with E-state index in [0.717, 1.165) is 16.3 Å². The lowest BCUT2D eigenvalue weighted by molar-refractivity contribution is -0.115. The summed E-state index contributed by atoms with van der Waals surface area (Å²) in [5.74, 6) is 1.32. The van der Waals surface area contributed by atoms with Crippen molar-refractivity contribution in [3.05, 3.63) is 35.1 Å². The van der Waals surface area contributed by atoms with Crippen molar-refractivity contribution in [3.8, 4) is 17.2 Å². The fourth-order valence-electron chi connectivity index (χ4n) is 2.59. The maximum absolute atomic E-state index is 12.4. The van der Waals surface area contributed by atoms with Gasteiger partial charge in [0.15, 0.2) is 16.5 Å². The first-order valence-corrected chi connectivity index (χ1v) is 8.45. The van der Waals surface area contributed by atoms with Crippen LogP contribution in [0.15, 0.2) is 23.7 Å². The number of methoxy groups -OCH3 is 3. The Balaban J connectivity index is 1.80. The molecule has 0 aliphatic carbocycles. The quantitative estimate of drug-likeness (QED) is 0.731. The minimum Gasteiger partial charge on any atom is -0.493 e. The second-order valence-corrected chi connectivity index (χ2v) is 6.24. The molecule has 0 saturated carbocycles. The van der Waals surface area contributed by atoms with Crippen molar-refractivity contribution < 1.29 is 19.0 Å². The molecule has 0 atom stereocenters. The van der Waals surface area contributed by atoms with Crippen LogP contribution in [0.1, 0.15) is 11.4 Å². The molecule has 8 heteroatoms. The van der Waals surface area contributed by atoms with Crippen molar-refractivity contribution in [3.63, 3.8) is 0 Å². The molecule has 2 aromatic heterocycles. The number of ether oxygens (including phenoxy) is 3. The van der Waals surface area contributed by atoms with Crippen molar-refractivity contribution in [1.82, 2.24) is 9.38 Å². The van der Waals surface area contributed by atoms with Gasteiger partial charge in [0.05, 0.1) is 33.4 Å². The SMILES string of the molecule is COc1cc(NC(=O)Cc2csc3nc(C)cn23)cc(OC)c1OC. The molecule has 0 aliphatic rings. The van der Waals surface area contributed by atoms with Gasteiger partial charge in [-0.25, -0.2) is 4.98 Å². The van der Waals surface area contributed by atoms with E-state index in [1.165, 1.54) is 32.7 Å². The summed E-state index contributed by atoms with van der Waals surface area (Å²) in [5.41, 5.74) is 2.40. The zero-order valence-electron chi connectivity index (χ0n) is 14.5. The number of fused-ring (bicyclic) bond motifs is 1. The number of thiazole rings is 1. The minimum absolute atomic E-state index is 0.139. The smallest absolute Gasteiger partial charge is 0.230 e. The lowest BCUT2D eigenvalue weighted by atomic mass is 10.2. The number of amides is 1. The van der Waals surface area contributed by atoms with Gasteiger partial charge in [0.25, 0.3) is 0 Å². The van der Waals surface area contributed by atoms with Crippen LogP contribution in [0.5, 0.6) is 17.2 Å². The predicted octanol–water partition coefficient (Wildman–Crippen LogP) is 2.91. The molecule has 0 spiro atoms. The van der Waals surface area contributed by atoms with E-state index in [0.29, 0.717) is 22.9 Å². The summed E-state index contributed by atoms with van der Waals surface area (Å²) in [6.07, 6.45) is 2.17. The van der Waals surface area contributed by atoms with Crippen LogP contribution in [0.4, 0.5) is 5.69 Å². The van der Waals surface area contributed by atoms with Crippen LogP contribution in [-0.2, 0) is 11.2 Å². The summed E-state index contributed by atoms with van der Waals surface area (Å²) in [6.45, 7) is 1.93. The zero-order chi connectivity index (χ0) is 18.0. The molecule has 1 amide bonds. The molecule has 0 radical (unpaired) electrons. The van der Waals surface area contributed by atoms with Gasteiger partial charge >= 0.3 is 0 Å². The molecule has 1 aromatic carbocycles. The molecule has 3 aromatic rings. The van der Waals surface area contributed by atoms with Crippen LogP contribution < -0.4 is 19.5 Å². The first kappa shape index (κ1) is 17.1. The topological polar surface area (TPSA) is 74.1 Å². The van der Waals surface area contributed by atoms with E-state index >= 15 is 0 Å². The number of hydrogen-bond donors (Lipinski definition) is 1. The number of imidazole rings is 1. The van der Waals surface area contributed by atoms with E-state index in [4.69, 9.17) is 14.2 Å². The number of carbonyl (C=O) groups is 1. The number of nitrogens with zero attached hydrogens (tertiary/aromatic N) is 2. The first-order valence-electron chi connectivity index (χ1n) is 7.57. The summed E-state index contributed by atoms with van der Waals surface area (Å²) in [5, 5.41) is 4.81. The van der Waals surface area contributed by atoms with Gasteiger partial charge in [-0.15, -0.1) is 11.3 Å². The van der Waals surface area contributed by atoms with Gasteiger partial charge in [-0.1, -0.05) is 0 Å². The molecule has 1 N–H and O–H groups in total. The van der Waals surface area contributed by atoms with Crippen LogP contribution in [0.3, 0.4) is 0 Å². The van der Waals surface area contributed by atoms with Gasteiger partial charge in [0.1, 0.15) is 0 Å². The number of carbonyl (C=O) groups excluding carboxylic acids is 1. The van der Waals surface area contributed by atoms with Crippen molar-refractivity contribution in [2.45, 2.75) is 13.3 Å². The number of benzene rings is 1. The first-order chi connectivity index (χ1) is 12.0. The maximum atomic E-state index is 12.4. The van der Waals surface area contributed by atoms with E-state index in [2.05, 4.69) is 10.3 Å². The monoisotopic (exact) mass is 361 g/mol. The number of anilines is 1. The molecule has 0 saturated heterocycles. The molecule has 2 heterocycles. The third-order valence-corrected chi connectivity index (χ3v) is 4.58. The van der Waals surface area contributed by atoms with Crippen LogP contribution >= 0.6 is 11.3 Å². The third-order valence-electron chi connectivity index (χ3n) is 3.69. The standard InChI is InChI=1S/C17H19N3O4S/c1-10-8-20-12(9-25-17(20)18-10)7-15(21)19-11-5-13(22-2)16(24-4)14(6-11)23-3/h5-6,8-9H,7H2,1-4H3,(H,19,21). The molecule has 132 valence electrons. The molecule has 3 rings (SSSR count). The second-order valence-electron chi connectivity index (χ2n) is 5.40. The highest BCUT2D eigenvalue weighted by Gasteiger charge is 2.16. The lowest BCUT2D eigenvalue weighted by Gasteiger charge is -2.14. The van der Waals surface area contributed by atoms with Crippen molar-refractivity contribution in [2.24, 2.45) is 0 Å². The van der Waals surface area contributed by atoms with Crippen molar-refractivity contribution in [1.29, 1.82) is 0 Å². The van der Waals surface area contributed by atoms with Gasteiger partial charge in [-0.2, -0.15) is 0 Å². The molecule has 7 nitrogen and oxygen atoms in total. The Bertz CT molecular complexity index is 891. The average molecular weight is 361 g/mol. The highest BCUT2D eigenvalue weighted by Crippen LogP contribution is 2.39. The number of nitrogens with one attached hydrogen (secondary N) is 1. The van der Waals surface area contributed by atoms with Gasteiger partial charge in [-0.05, 0) is 6.92 Å². The van der Waals surface area contributed by atoms with E-state index in [1.54, 1.807) is 12.1 Å². The number of hydrogen-bond acceptors (Lipinski definition) is 6. The Hall–Kier alpha value is -2.74. The van der Waals surface area contributed by atoms with E-state index < -0.39 is 0 Å². The van der Waals surface area contributed by atoms with E-state index in [1.807, 2.05) is 22.9 Å². The Labute approximate surface area is 149 Å². The summed E-state index contributed by atoms with van der Waals surface area (Å²) in [7, 11) is 4.60. The van der Waals surface area contributed by atoms with E-state index in [-0.39, 0.29) is 12.3 Å². The van der Waals surface area contributed by atoms with Crippen LogP contribution in [0.25, 0.3) is 4.96 Å². The number of rotatable bonds is 6.